The third kappa shape index (κ3) is 2.35. The fraction of sp³-hybridized carbons (Fsp3) is 0.167. The topological polar surface area (TPSA) is 55.2 Å². The number of aliphatic hydroxyl groups is 1. The van der Waals surface area contributed by atoms with Crippen molar-refractivity contribution in [2.45, 2.75) is 13.5 Å². The monoisotopic (exact) mass is 216 g/mol. The molecular weight excluding hydrogens is 204 g/mol. The third-order valence-corrected chi connectivity index (χ3v) is 2.13. The molecule has 0 bridgehead atoms. The molecule has 0 fully saturated rings. The van der Waals surface area contributed by atoms with Crippen LogP contribution in [0.25, 0.3) is 0 Å². The lowest BCUT2D eigenvalue weighted by molar-refractivity contribution is 0.276. The molecule has 0 atom stereocenters. The van der Waals surface area contributed by atoms with Crippen LogP contribution in [0.5, 0.6) is 11.6 Å². The van der Waals surface area contributed by atoms with Crippen molar-refractivity contribution in [1.29, 1.82) is 0 Å². The third-order valence-electron chi connectivity index (χ3n) is 2.13. The Labute approximate surface area is 93.5 Å². The summed E-state index contributed by atoms with van der Waals surface area (Å²) < 4.78 is 5.55. The Balaban J connectivity index is 2.26. The number of aliphatic hydroxyl groups excluding tert-OH is 1. The van der Waals surface area contributed by atoms with E-state index in [4.69, 9.17) is 9.84 Å². The number of para-hydroxylation sites is 1. The van der Waals surface area contributed by atoms with Crippen molar-refractivity contribution in [1.82, 2.24) is 10.2 Å². The highest BCUT2D eigenvalue weighted by molar-refractivity contribution is 5.35. The predicted molar refractivity (Wildman–Crippen MR) is 59.2 cm³/mol. The Morgan fingerprint density at radius 3 is 2.88 bits per heavy atom. The van der Waals surface area contributed by atoms with Gasteiger partial charge in [-0.15, -0.1) is 5.10 Å². The van der Waals surface area contributed by atoms with E-state index in [1.165, 1.54) is 0 Å². The maximum Gasteiger partial charge on any atom is 0.239 e. The van der Waals surface area contributed by atoms with Gasteiger partial charge in [0.05, 0.1) is 12.8 Å². The van der Waals surface area contributed by atoms with Crippen LogP contribution in [0.2, 0.25) is 0 Å². The molecule has 16 heavy (non-hydrogen) atoms. The largest absolute Gasteiger partial charge is 0.437 e. The van der Waals surface area contributed by atoms with Crippen molar-refractivity contribution in [2.75, 3.05) is 0 Å². The molecule has 0 aliphatic rings. The van der Waals surface area contributed by atoms with Crippen LogP contribution >= 0.6 is 0 Å². The van der Waals surface area contributed by atoms with Gasteiger partial charge in [0.25, 0.3) is 0 Å². The Hall–Kier alpha value is -1.94. The number of hydrogen-bond donors (Lipinski definition) is 1. The lowest BCUT2D eigenvalue weighted by Gasteiger charge is -2.07. The number of hydrogen-bond acceptors (Lipinski definition) is 4. The number of ether oxygens (including phenoxy) is 1. The normalized spacial score (nSPS) is 10.1. The van der Waals surface area contributed by atoms with Gasteiger partial charge < -0.3 is 9.84 Å². The molecule has 0 radical (unpaired) electrons. The lowest BCUT2D eigenvalue weighted by atomic mass is 10.2. The van der Waals surface area contributed by atoms with Gasteiger partial charge in [-0.25, -0.2) is 0 Å². The molecule has 1 N–H and O–H groups in total. The van der Waals surface area contributed by atoms with Crippen molar-refractivity contribution in [3.8, 4) is 11.6 Å². The molecule has 0 saturated carbocycles. The second-order valence-corrected chi connectivity index (χ2v) is 3.44. The van der Waals surface area contributed by atoms with Crippen LogP contribution in [0, 0.1) is 6.92 Å². The number of benzene rings is 1. The molecule has 0 unspecified atom stereocenters. The first-order chi connectivity index (χ1) is 7.79. The molecule has 2 aromatic rings. The summed E-state index contributed by atoms with van der Waals surface area (Å²) in [6.45, 7) is 1.86. The average molecular weight is 216 g/mol. The number of aryl methyl sites for hydroxylation is 1. The molecule has 1 heterocycles. The molecule has 0 amide bonds. The smallest absolute Gasteiger partial charge is 0.239 e. The highest BCUT2D eigenvalue weighted by atomic mass is 16.5. The summed E-state index contributed by atoms with van der Waals surface area (Å²) in [6, 6.07) is 9.08. The highest BCUT2D eigenvalue weighted by Crippen LogP contribution is 2.23. The second kappa shape index (κ2) is 4.72. The van der Waals surface area contributed by atoms with Crippen molar-refractivity contribution < 1.29 is 9.84 Å². The van der Waals surface area contributed by atoms with Crippen molar-refractivity contribution in [3.05, 3.63) is 47.7 Å². The van der Waals surface area contributed by atoms with Crippen LogP contribution in [-0.4, -0.2) is 15.3 Å². The van der Waals surface area contributed by atoms with Crippen molar-refractivity contribution >= 4 is 0 Å². The van der Waals surface area contributed by atoms with Crippen LogP contribution in [-0.2, 0) is 6.61 Å². The average Bonchev–Trinajstić information content (AvgIpc) is 2.30. The maximum absolute atomic E-state index is 9.14. The van der Waals surface area contributed by atoms with Crippen LogP contribution in [0.3, 0.4) is 0 Å². The summed E-state index contributed by atoms with van der Waals surface area (Å²) in [6.07, 6.45) is 1.66. The van der Waals surface area contributed by atoms with E-state index in [0.717, 1.165) is 11.1 Å². The zero-order valence-corrected chi connectivity index (χ0v) is 8.92. The van der Waals surface area contributed by atoms with Gasteiger partial charge in [-0.1, -0.05) is 18.2 Å². The maximum atomic E-state index is 9.14. The quantitative estimate of drug-likeness (QED) is 0.853. The summed E-state index contributed by atoms with van der Waals surface area (Å²) >= 11 is 0. The molecule has 4 nitrogen and oxygen atoms in total. The van der Waals surface area contributed by atoms with Crippen molar-refractivity contribution in [2.24, 2.45) is 0 Å². The number of aromatic nitrogens is 2. The minimum Gasteiger partial charge on any atom is -0.437 e. The molecule has 1 aromatic heterocycles. The van der Waals surface area contributed by atoms with E-state index in [9.17, 15) is 0 Å². The van der Waals surface area contributed by atoms with Crippen LogP contribution in [0.1, 0.15) is 11.1 Å². The zero-order valence-electron chi connectivity index (χ0n) is 8.92. The first-order valence-electron chi connectivity index (χ1n) is 4.95. The van der Waals surface area contributed by atoms with Gasteiger partial charge in [0.1, 0.15) is 5.75 Å². The molecule has 0 saturated heterocycles. The Morgan fingerprint density at radius 2 is 2.12 bits per heavy atom. The number of rotatable bonds is 3. The molecule has 0 spiro atoms. The van der Waals surface area contributed by atoms with Gasteiger partial charge in [0.15, 0.2) is 0 Å². The molecule has 0 aliphatic heterocycles. The van der Waals surface area contributed by atoms with Gasteiger partial charge in [0.2, 0.25) is 5.88 Å². The van der Waals surface area contributed by atoms with Gasteiger partial charge in [0, 0.05) is 11.6 Å². The summed E-state index contributed by atoms with van der Waals surface area (Å²) in [7, 11) is 0. The molecule has 0 aliphatic carbocycles. The first-order valence-corrected chi connectivity index (χ1v) is 4.95. The minimum absolute atomic E-state index is 0.0601. The Morgan fingerprint density at radius 1 is 1.31 bits per heavy atom. The van der Waals surface area contributed by atoms with Gasteiger partial charge in [-0.05, 0) is 18.6 Å². The van der Waals surface area contributed by atoms with E-state index < -0.39 is 0 Å². The Bertz CT molecular complexity index is 486. The van der Waals surface area contributed by atoms with E-state index in [-0.39, 0.29) is 6.61 Å². The molecule has 2 rings (SSSR count). The standard InChI is InChI=1S/C12H12N2O2/c1-9-6-12(14-13-7-9)16-11-5-3-2-4-10(11)8-15/h2-7,15H,8H2,1H3. The number of nitrogens with zero attached hydrogens (tertiary/aromatic N) is 2. The van der Waals surface area contributed by atoms with Crippen LogP contribution < -0.4 is 4.74 Å². The molecule has 4 heteroatoms. The molecular formula is C12H12N2O2. The van der Waals surface area contributed by atoms with Crippen LogP contribution in [0.4, 0.5) is 0 Å². The SMILES string of the molecule is Cc1cnnc(Oc2ccccc2CO)c1. The van der Waals surface area contributed by atoms with Crippen molar-refractivity contribution in [3.63, 3.8) is 0 Å². The highest BCUT2D eigenvalue weighted by Gasteiger charge is 2.04. The summed E-state index contributed by atoms with van der Waals surface area (Å²) in [5.41, 5.74) is 1.71. The fourth-order valence-corrected chi connectivity index (χ4v) is 1.33. The minimum atomic E-state index is -0.0601. The summed E-state index contributed by atoms with van der Waals surface area (Å²) in [5, 5.41) is 16.8. The molecule has 1 aromatic carbocycles. The summed E-state index contributed by atoms with van der Waals surface area (Å²) in [5.74, 6) is 1.03. The van der Waals surface area contributed by atoms with Gasteiger partial charge >= 0.3 is 0 Å². The molecule has 82 valence electrons. The first kappa shape index (κ1) is 10.6. The van der Waals surface area contributed by atoms with Gasteiger partial charge in [-0.2, -0.15) is 5.10 Å². The van der Waals surface area contributed by atoms with E-state index in [2.05, 4.69) is 10.2 Å². The lowest BCUT2D eigenvalue weighted by Crippen LogP contribution is -1.94. The van der Waals surface area contributed by atoms with E-state index >= 15 is 0 Å². The Kier molecular flexibility index (Phi) is 3.12. The van der Waals surface area contributed by atoms with Crippen LogP contribution in [0.15, 0.2) is 36.5 Å². The van der Waals surface area contributed by atoms with E-state index in [1.807, 2.05) is 19.1 Å². The zero-order chi connectivity index (χ0) is 11.4. The predicted octanol–water partition coefficient (Wildman–Crippen LogP) is 2.07. The fourth-order valence-electron chi connectivity index (χ4n) is 1.33. The summed E-state index contributed by atoms with van der Waals surface area (Å²) in [4.78, 5) is 0. The van der Waals surface area contributed by atoms with Gasteiger partial charge in [-0.3, -0.25) is 0 Å². The second-order valence-electron chi connectivity index (χ2n) is 3.44. The van der Waals surface area contributed by atoms with E-state index in [1.54, 1.807) is 24.4 Å². The van der Waals surface area contributed by atoms with E-state index in [0.29, 0.717) is 11.6 Å².